The normalized spacial score (nSPS) is 10.3. The van der Waals surface area contributed by atoms with Gasteiger partial charge in [0.25, 0.3) is 0 Å². The molecular formula is C14H26O. The summed E-state index contributed by atoms with van der Waals surface area (Å²) in [6.07, 6.45) is 1.07. The third-order valence-corrected chi connectivity index (χ3v) is 2.08. The van der Waals surface area contributed by atoms with Crippen molar-refractivity contribution in [2.45, 2.75) is 53.9 Å². The van der Waals surface area contributed by atoms with E-state index in [9.17, 15) is 5.11 Å². The largest absolute Gasteiger partial charge is 0.508 e. The number of phenolic OH excluding ortho intramolecular Hbond substituents is 1. The molecule has 0 aliphatic heterocycles. The molecule has 0 saturated heterocycles. The second kappa shape index (κ2) is 11.1. The van der Waals surface area contributed by atoms with Crippen molar-refractivity contribution in [3.05, 3.63) is 29.8 Å². The zero-order chi connectivity index (χ0) is 12.3. The van der Waals surface area contributed by atoms with Gasteiger partial charge in [-0.3, -0.25) is 0 Å². The molecular weight excluding hydrogens is 184 g/mol. The van der Waals surface area contributed by atoms with Crippen molar-refractivity contribution in [1.29, 1.82) is 0 Å². The Bertz CT molecular complexity index is 231. The van der Waals surface area contributed by atoms with Crippen LogP contribution in [-0.2, 0) is 0 Å². The minimum atomic E-state index is 0.418. The molecule has 1 nitrogen and oxygen atoms in total. The Kier molecular flexibility index (Phi) is 12.2. The molecule has 1 N–H and O–H groups in total. The van der Waals surface area contributed by atoms with Gasteiger partial charge in [-0.25, -0.2) is 0 Å². The van der Waals surface area contributed by atoms with Crippen molar-refractivity contribution in [1.82, 2.24) is 0 Å². The van der Waals surface area contributed by atoms with Crippen LogP contribution >= 0.6 is 0 Å². The van der Waals surface area contributed by atoms with Crippen LogP contribution in [0.1, 0.15) is 59.4 Å². The summed E-state index contributed by atoms with van der Waals surface area (Å²) in [5.74, 6) is 0.873. The van der Waals surface area contributed by atoms with E-state index in [0.717, 1.165) is 12.0 Å². The SMILES string of the molecule is CC.CC.CCC(C)c1ccccc1O. The number of phenols is 1. The lowest BCUT2D eigenvalue weighted by Gasteiger charge is -2.09. The Hall–Kier alpha value is -0.980. The minimum absolute atomic E-state index is 0.418. The molecule has 1 atom stereocenters. The molecule has 1 aromatic rings. The van der Waals surface area contributed by atoms with E-state index < -0.39 is 0 Å². The average Bonchev–Trinajstić information content (AvgIpc) is 2.34. The van der Waals surface area contributed by atoms with Gasteiger partial charge in [-0.15, -0.1) is 0 Å². The van der Waals surface area contributed by atoms with Crippen molar-refractivity contribution in [3.63, 3.8) is 0 Å². The van der Waals surface area contributed by atoms with Crippen molar-refractivity contribution in [2.75, 3.05) is 0 Å². The number of benzene rings is 1. The Morgan fingerprint density at radius 3 is 1.93 bits per heavy atom. The molecule has 0 amide bonds. The highest BCUT2D eigenvalue weighted by Gasteiger charge is 2.05. The zero-order valence-corrected chi connectivity index (χ0v) is 11.0. The Morgan fingerprint density at radius 2 is 1.53 bits per heavy atom. The van der Waals surface area contributed by atoms with E-state index in [1.165, 1.54) is 0 Å². The predicted octanol–water partition coefficient (Wildman–Crippen LogP) is 4.96. The highest BCUT2D eigenvalue weighted by atomic mass is 16.3. The van der Waals surface area contributed by atoms with Crippen LogP contribution in [0.5, 0.6) is 5.75 Å². The maximum atomic E-state index is 9.41. The molecule has 88 valence electrons. The summed E-state index contributed by atoms with van der Waals surface area (Å²) in [4.78, 5) is 0. The van der Waals surface area contributed by atoms with Crippen LogP contribution < -0.4 is 0 Å². The van der Waals surface area contributed by atoms with Gasteiger partial charge >= 0.3 is 0 Å². The summed E-state index contributed by atoms with van der Waals surface area (Å²) in [6.45, 7) is 12.2. The summed E-state index contributed by atoms with van der Waals surface area (Å²) in [5, 5.41) is 9.41. The van der Waals surface area contributed by atoms with Gasteiger partial charge in [0.15, 0.2) is 0 Å². The third-order valence-electron chi connectivity index (χ3n) is 2.08. The predicted molar refractivity (Wildman–Crippen MR) is 69.5 cm³/mol. The summed E-state index contributed by atoms with van der Waals surface area (Å²) in [6, 6.07) is 7.52. The van der Waals surface area contributed by atoms with Gasteiger partial charge in [0, 0.05) is 0 Å². The van der Waals surface area contributed by atoms with Gasteiger partial charge in [-0.05, 0) is 24.0 Å². The highest BCUT2D eigenvalue weighted by molar-refractivity contribution is 5.34. The van der Waals surface area contributed by atoms with Crippen LogP contribution in [0.2, 0.25) is 0 Å². The molecule has 0 aliphatic rings. The number of hydrogen-bond donors (Lipinski definition) is 1. The summed E-state index contributed by atoms with van der Waals surface area (Å²) in [5.41, 5.74) is 1.05. The summed E-state index contributed by atoms with van der Waals surface area (Å²) < 4.78 is 0. The number of aromatic hydroxyl groups is 1. The monoisotopic (exact) mass is 210 g/mol. The molecule has 0 heterocycles. The molecule has 0 aromatic heterocycles. The van der Waals surface area contributed by atoms with Crippen molar-refractivity contribution in [3.8, 4) is 5.75 Å². The molecule has 1 aromatic carbocycles. The smallest absolute Gasteiger partial charge is 0.119 e. The van der Waals surface area contributed by atoms with Crippen LogP contribution in [0.4, 0.5) is 0 Å². The molecule has 15 heavy (non-hydrogen) atoms. The van der Waals surface area contributed by atoms with E-state index >= 15 is 0 Å². The van der Waals surface area contributed by atoms with Gasteiger partial charge in [0.2, 0.25) is 0 Å². The first-order valence-corrected chi connectivity index (χ1v) is 6.03. The van der Waals surface area contributed by atoms with E-state index in [0.29, 0.717) is 11.7 Å². The molecule has 0 fully saturated rings. The third kappa shape index (κ3) is 6.16. The second-order valence-corrected chi connectivity index (χ2v) is 2.87. The maximum absolute atomic E-state index is 9.41. The Morgan fingerprint density at radius 1 is 1.07 bits per heavy atom. The van der Waals surface area contributed by atoms with E-state index in [1.54, 1.807) is 6.07 Å². The molecule has 0 aliphatic carbocycles. The maximum Gasteiger partial charge on any atom is 0.119 e. The average molecular weight is 210 g/mol. The van der Waals surface area contributed by atoms with Crippen molar-refractivity contribution >= 4 is 0 Å². The standard InChI is InChI=1S/C10H14O.2C2H6/c1-3-8(2)9-6-4-5-7-10(9)11;2*1-2/h4-8,11H,3H2,1-2H3;2*1-2H3. The molecule has 1 rings (SSSR count). The van der Waals surface area contributed by atoms with E-state index in [4.69, 9.17) is 0 Å². The fourth-order valence-corrected chi connectivity index (χ4v) is 1.12. The van der Waals surface area contributed by atoms with Crippen LogP contribution in [0.15, 0.2) is 24.3 Å². The van der Waals surface area contributed by atoms with Crippen molar-refractivity contribution in [2.24, 2.45) is 0 Å². The number of rotatable bonds is 2. The first kappa shape index (κ1) is 16.4. The van der Waals surface area contributed by atoms with Crippen molar-refractivity contribution < 1.29 is 5.11 Å². The topological polar surface area (TPSA) is 20.2 Å². The fraction of sp³-hybridized carbons (Fsp3) is 0.571. The van der Waals surface area contributed by atoms with E-state index in [1.807, 2.05) is 45.9 Å². The molecule has 0 spiro atoms. The van der Waals surface area contributed by atoms with Gasteiger partial charge in [0.05, 0.1) is 0 Å². The second-order valence-electron chi connectivity index (χ2n) is 2.87. The molecule has 0 bridgehead atoms. The lowest BCUT2D eigenvalue weighted by Crippen LogP contribution is -1.90. The molecule has 0 saturated carbocycles. The van der Waals surface area contributed by atoms with Crippen LogP contribution in [-0.4, -0.2) is 5.11 Å². The van der Waals surface area contributed by atoms with Gasteiger partial charge in [-0.1, -0.05) is 59.7 Å². The van der Waals surface area contributed by atoms with E-state index in [2.05, 4.69) is 13.8 Å². The van der Waals surface area contributed by atoms with Gasteiger partial charge in [0.1, 0.15) is 5.75 Å². The first-order chi connectivity index (χ1) is 7.25. The first-order valence-electron chi connectivity index (χ1n) is 6.03. The van der Waals surface area contributed by atoms with Crippen LogP contribution in [0.3, 0.4) is 0 Å². The molecule has 0 radical (unpaired) electrons. The van der Waals surface area contributed by atoms with Crippen LogP contribution in [0, 0.1) is 0 Å². The zero-order valence-electron chi connectivity index (χ0n) is 11.0. The van der Waals surface area contributed by atoms with E-state index in [-0.39, 0.29) is 0 Å². The van der Waals surface area contributed by atoms with Gasteiger partial charge in [-0.2, -0.15) is 0 Å². The number of hydrogen-bond acceptors (Lipinski definition) is 1. The Labute approximate surface area is 95.2 Å². The number of para-hydroxylation sites is 1. The highest BCUT2D eigenvalue weighted by Crippen LogP contribution is 2.26. The quantitative estimate of drug-likeness (QED) is 0.731. The Balaban J connectivity index is 0. The van der Waals surface area contributed by atoms with Gasteiger partial charge < -0.3 is 5.11 Å². The van der Waals surface area contributed by atoms with Crippen LogP contribution in [0.25, 0.3) is 0 Å². The molecule has 1 heteroatoms. The lowest BCUT2D eigenvalue weighted by molar-refractivity contribution is 0.462. The molecule has 1 unspecified atom stereocenters. The lowest BCUT2D eigenvalue weighted by atomic mass is 9.98. The summed E-state index contributed by atoms with van der Waals surface area (Å²) >= 11 is 0. The summed E-state index contributed by atoms with van der Waals surface area (Å²) in [7, 11) is 0. The minimum Gasteiger partial charge on any atom is -0.508 e. The fourth-order valence-electron chi connectivity index (χ4n) is 1.12.